The van der Waals surface area contributed by atoms with Crippen molar-refractivity contribution in [1.29, 1.82) is 0 Å². The fourth-order valence-corrected chi connectivity index (χ4v) is 2.06. The van der Waals surface area contributed by atoms with Gasteiger partial charge in [0.25, 0.3) is 0 Å². The molecule has 0 heterocycles. The van der Waals surface area contributed by atoms with Crippen molar-refractivity contribution in [2.24, 2.45) is 0 Å². The Morgan fingerprint density at radius 2 is 1.77 bits per heavy atom. The highest BCUT2D eigenvalue weighted by atomic mass is 16.5. The molecule has 0 saturated carbocycles. The summed E-state index contributed by atoms with van der Waals surface area (Å²) in [6.07, 6.45) is 2.48. The predicted molar refractivity (Wildman–Crippen MR) is 88.0 cm³/mol. The molecule has 0 aromatic heterocycles. The van der Waals surface area contributed by atoms with Gasteiger partial charge >= 0.3 is 5.97 Å². The Morgan fingerprint density at radius 1 is 1.09 bits per heavy atom. The van der Waals surface area contributed by atoms with Gasteiger partial charge in [0, 0.05) is 0 Å². The van der Waals surface area contributed by atoms with Crippen LogP contribution in [0.4, 0.5) is 0 Å². The molecule has 0 aliphatic carbocycles. The summed E-state index contributed by atoms with van der Waals surface area (Å²) in [5.74, 6) is -0.653. The molecule has 2 aromatic rings. The van der Waals surface area contributed by atoms with Crippen LogP contribution in [0.15, 0.2) is 48.2 Å². The van der Waals surface area contributed by atoms with Crippen molar-refractivity contribution in [3.8, 4) is 5.75 Å². The minimum Gasteiger partial charge on any atom is -0.475 e. The van der Waals surface area contributed by atoms with E-state index in [1.165, 1.54) is 11.1 Å². The summed E-state index contributed by atoms with van der Waals surface area (Å²) >= 11 is 0. The molecule has 0 bridgehead atoms. The van der Waals surface area contributed by atoms with Crippen LogP contribution in [-0.2, 0) is 11.2 Å². The molecule has 0 fully saturated rings. The van der Waals surface area contributed by atoms with Crippen LogP contribution in [0.1, 0.15) is 29.2 Å². The van der Waals surface area contributed by atoms with E-state index in [9.17, 15) is 9.90 Å². The Bertz CT molecular complexity index is 697. The molecule has 0 spiro atoms. The molecule has 0 atom stereocenters. The standard InChI is InChI=1S/C19H20O3/c1-4-15-7-9-17(10-8-15)22-18(19(20)21)12-16-6-5-13(2)14(3)11-16/h5-12H,4H2,1-3H3,(H,20,21). The van der Waals surface area contributed by atoms with Crippen LogP contribution in [0.3, 0.4) is 0 Å². The van der Waals surface area contributed by atoms with E-state index in [0.717, 1.165) is 17.5 Å². The quantitative estimate of drug-likeness (QED) is 0.658. The Kier molecular flexibility index (Phi) is 4.99. The van der Waals surface area contributed by atoms with Crippen molar-refractivity contribution in [3.05, 3.63) is 70.5 Å². The summed E-state index contributed by atoms with van der Waals surface area (Å²) in [5, 5.41) is 9.33. The summed E-state index contributed by atoms with van der Waals surface area (Å²) in [5.41, 5.74) is 4.28. The van der Waals surface area contributed by atoms with Crippen molar-refractivity contribution in [3.63, 3.8) is 0 Å². The van der Waals surface area contributed by atoms with Gasteiger partial charge in [-0.3, -0.25) is 0 Å². The van der Waals surface area contributed by atoms with Crippen LogP contribution in [0.5, 0.6) is 5.75 Å². The molecule has 3 nitrogen and oxygen atoms in total. The molecule has 2 rings (SSSR count). The average molecular weight is 296 g/mol. The van der Waals surface area contributed by atoms with Crippen LogP contribution < -0.4 is 4.74 Å². The normalized spacial score (nSPS) is 11.3. The van der Waals surface area contributed by atoms with Gasteiger partial charge in [-0.2, -0.15) is 0 Å². The Balaban J connectivity index is 2.26. The first kappa shape index (κ1) is 15.8. The van der Waals surface area contributed by atoms with E-state index in [-0.39, 0.29) is 5.76 Å². The zero-order valence-electron chi connectivity index (χ0n) is 13.1. The molecular formula is C19H20O3. The summed E-state index contributed by atoms with van der Waals surface area (Å²) in [7, 11) is 0. The molecule has 0 aliphatic heterocycles. The van der Waals surface area contributed by atoms with E-state index in [0.29, 0.717) is 5.75 Å². The maximum Gasteiger partial charge on any atom is 0.371 e. The lowest BCUT2D eigenvalue weighted by molar-refractivity contribution is -0.134. The molecule has 3 heteroatoms. The first-order valence-corrected chi connectivity index (χ1v) is 7.28. The Morgan fingerprint density at radius 3 is 2.32 bits per heavy atom. The van der Waals surface area contributed by atoms with Gasteiger partial charge in [-0.15, -0.1) is 0 Å². The topological polar surface area (TPSA) is 46.5 Å². The first-order valence-electron chi connectivity index (χ1n) is 7.28. The number of ether oxygens (including phenoxy) is 1. The highest BCUT2D eigenvalue weighted by Crippen LogP contribution is 2.18. The number of carboxylic acid groups (broad SMARTS) is 1. The summed E-state index contributed by atoms with van der Waals surface area (Å²) in [6, 6.07) is 13.2. The van der Waals surface area contributed by atoms with Crippen molar-refractivity contribution in [2.75, 3.05) is 0 Å². The fraction of sp³-hybridized carbons (Fsp3) is 0.211. The SMILES string of the molecule is CCc1ccc(OC(=Cc2ccc(C)c(C)c2)C(=O)O)cc1. The maximum atomic E-state index is 11.4. The molecule has 22 heavy (non-hydrogen) atoms. The van der Waals surface area contributed by atoms with Gasteiger partial charge in [0.1, 0.15) is 5.75 Å². The number of hydrogen-bond donors (Lipinski definition) is 1. The molecule has 0 aliphatic rings. The number of aliphatic carboxylic acids is 1. The maximum absolute atomic E-state index is 11.4. The van der Waals surface area contributed by atoms with Crippen LogP contribution >= 0.6 is 0 Å². The van der Waals surface area contributed by atoms with E-state index >= 15 is 0 Å². The van der Waals surface area contributed by atoms with E-state index in [1.54, 1.807) is 18.2 Å². The lowest BCUT2D eigenvalue weighted by atomic mass is 10.1. The van der Waals surface area contributed by atoms with Crippen LogP contribution in [0, 0.1) is 13.8 Å². The van der Waals surface area contributed by atoms with Crippen molar-refractivity contribution < 1.29 is 14.6 Å². The number of rotatable bonds is 5. The van der Waals surface area contributed by atoms with Gasteiger partial charge in [-0.1, -0.05) is 37.3 Å². The van der Waals surface area contributed by atoms with Gasteiger partial charge in [0.05, 0.1) is 0 Å². The second-order valence-corrected chi connectivity index (χ2v) is 5.26. The number of carbonyl (C=O) groups is 1. The lowest BCUT2D eigenvalue weighted by Gasteiger charge is -2.08. The molecule has 114 valence electrons. The predicted octanol–water partition coefficient (Wildman–Crippen LogP) is 4.37. The minimum atomic E-state index is -1.09. The number of carboxylic acids is 1. The highest BCUT2D eigenvalue weighted by molar-refractivity contribution is 5.90. The van der Waals surface area contributed by atoms with Gasteiger partial charge in [0.15, 0.2) is 0 Å². The van der Waals surface area contributed by atoms with Crippen molar-refractivity contribution in [2.45, 2.75) is 27.2 Å². The Hall–Kier alpha value is -2.55. The third kappa shape index (κ3) is 3.98. The van der Waals surface area contributed by atoms with Crippen LogP contribution in [0.2, 0.25) is 0 Å². The van der Waals surface area contributed by atoms with Crippen molar-refractivity contribution >= 4 is 12.0 Å². The fourth-order valence-electron chi connectivity index (χ4n) is 2.06. The molecule has 0 radical (unpaired) electrons. The summed E-state index contributed by atoms with van der Waals surface area (Å²) < 4.78 is 5.51. The summed E-state index contributed by atoms with van der Waals surface area (Å²) in [6.45, 7) is 6.09. The lowest BCUT2D eigenvalue weighted by Crippen LogP contribution is -2.07. The second-order valence-electron chi connectivity index (χ2n) is 5.26. The van der Waals surface area contributed by atoms with Gasteiger partial charge in [0.2, 0.25) is 5.76 Å². The second kappa shape index (κ2) is 6.94. The smallest absolute Gasteiger partial charge is 0.371 e. The molecule has 1 N–H and O–H groups in total. The summed E-state index contributed by atoms with van der Waals surface area (Å²) in [4.78, 5) is 11.4. The van der Waals surface area contributed by atoms with Gasteiger partial charge in [-0.05, 0) is 60.7 Å². The Labute approximate surface area is 130 Å². The van der Waals surface area contributed by atoms with E-state index in [4.69, 9.17) is 4.74 Å². The number of benzene rings is 2. The number of hydrogen-bond acceptors (Lipinski definition) is 2. The molecule has 0 saturated heterocycles. The molecule has 0 unspecified atom stereocenters. The third-order valence-electron chi connectivity index (χ3n) is 3.60. The van der Waals surface area contributed by atoms with Gasteiger partial charge in [-0.25, -0.2) is 4.79 Å². The van der Waals surface area contributed by atoms with Gasteiger partial charge < -0.3 is 9.84 Å². The molecule has 2 aromatic carbocycles. The number of aryl methyl sites for hydroxylation is 3. The van der Waals surface area contributed by atoms with E-state index in [2.05, 4.69) is 6.92 Å². The largest absolute Gasteiger partial charge is 0.475 e. The monoisotopic (exact) mass is 296 g/mol. The third-order valence-corrected chi connectivity index (χ3v) is 3.60. The van der Waals surface area contributed by atoms with Crippen molar-refractivity contribution in [1.82, 2.24) is 0 Å². The molecule has 0 amide bonds. The zero-order chi connectivity index (χ0) is 16.1. The minimum absolute atomic E-state index is 0.0903. The first-order chi connectivity index (χ1) is 10.5. The van der Waals surface area contributed by atoms with E-state index in [1.807, 2.05) is 44.2 Å². The molecular weight excluding hydrogens is 276 g/mol. The highest BCUT2D eigenvalue weighted by Gasteiger charge is 2.10. The zero-order valence-corrected chi connectivity index (χ0v) is 13.1. The van der Waals surface area contributed by atoms with Crippen LogP contribution in [0.25, 0.3) is 6.08 Å². The van der Waals surface area contributed by atoms with E-state index < -0.39 is 5.97 Å². The average Bonchev–Trinajstić information content (AvgIpc) is 2.51. The van der Waals surface area contributed by atoms with Crippen LogP contribution in [-0.4, -0.2) is 11.1 Å².